The number of carbonyl (C=O) groups is 2. The lowest BCUT2D eigenvalue weighted by molar-refractivity contribution is -0.139. The van der Waals surface area contributed by atoms with Crippen molar-refractivity contribution in [2.24, 2.45) is 0 Å². The first kappa shape index (κ1) is 15.7. The molecule has 0 aliphatic heterocycles. The summed E-state index contributed by atoms with van der Waals surface area (Å²) in [6, 6.07) is 0.583. The molecule has 1 amide bonds. The van der Waals surface area contributed by atoms with Crippen LogP contribution in [-0.4, -0.2) is 34.7 Å². The van der Waals surface area contributed by atoms with E-state index < -0.39 is 30.3 Å². The van der Waals surface area contributed by atoms with E-state index in [2.05, 4.69) is 5.32 Å². The predicted molar refractivity (Wildman–Crippen MR) is 67.0 cm³/mol. The molecule has 0 fully saturated rings. The van der Waals surface area contributed by atoms with Crippen molar-refractivity contribution in [1.82, 2.24) is 5.32 Å². The smallest absolute Gasteiger partial charge is 0.326 e. The third kappa shape index (κ3) is 4.05. The van der Waals surface area contributed by atoms with Gasteiger partial charge in [-0.2, -0.15) is 0 Å². The molecule has 0 aromatic heterocycles. The third-order valence-electron chi connectivity index (χ3n) is 2.28. The zero-order chi connectivity index (χ0) is 14.6. The number of aliphatic hydroxyl groups is 1. The Labute approximate surface area is 117 Å². The molecule has 1 unspecified atom stereocenters. The number of carboxylic acid groups (broad SMARTS) is 1. The van der Waals surface area contributed by atoms with E-state index in [1.807, 2.05) is 0 Å². The summed E-state index contributed by atoms with van der Waals surface area (Å²) < 4.78 is 13.2. The Kier molecular flexibility index (Phi) is 5.53. The minimum atomic E-state index is -1.31. The molecule has 0 aliphatic carbocycles. The van der Waals surface area contributed by atoms with E-state index in [0.29, 0.717) is 0 Å². The topological polar surface area (TPSA) is 86.6 Å². The van der Waals surface area contributed by atoms with Crippen molar-refractivity contribution in [3.05, 3.63) is 33.6 Å². The number of carbonyl (C=O) groups excluding carboxylic acids is 1. The van der Waals surface area contributed by atoms with Gasteiger partial charge < -0.3 is 15.5 Å². The second kappa shape index (κ2) is 6.70. The van der Waals surface area contributed by atoms with E-state index in [1.54, 1.807) is 0 Å². The van der Waals surface area contributed by atoms with Gasteiger partial charge in [0.1, 0.15) is 11.9 Å². The average Bonchev–Trinajstić information content (AvgIpc) is 2.32. The lowest BCUT2D eigenvalue weighted by Crippen LogP contribution is -2.41. The maximum atomic E-state index is 13.2. The van der Waals surface area contributed by atoms with Crippen molar-refractivity contribution >= 4 is 35.1 Å². The molecule has 0 bridgehead atoms. The van der Waals surface area contributed by atoms with Crippen molar-refractivity contribution in [2.75, 3.05) is 6.61 Å². The van der Waals surface area contributed by atoms with E-state index in [0.717, 1.165) is 12.1 Å². The molecule has 0 spiro atoms. The Balaban J connectivity index is 2.94. The van der Waals surface area contributed by atoms with Crippen LogP contribution in [-0.2, 0) is 4.79 Å². The average molecular weight is 310 g/mol. The van der Waals surface area contributed by atoms with Crippen LogP contribution in [0.4, 0.5) is 4.39 Å². The van der Waals surface area contributed by atoms with E-state index in [-0.39, 0.29) is 22.0 Å². The van der Waals surface area contributed by atoms with Crippen LogP contribution < -0.4 is 5.32 Å². The maximum Gasteiger partial charge on any atom is 0.326 e. The molecule has 3 N–H and O–H groups in total. The number of nitrogens with one attached hydrogen (secondary N) is 1. The monoisotopic (exact) mass is 309 g/mol. The lowest BCUT2D eigenvalue weighted by atomic mass is 10.1. The number of hydrogen-bond acceptors (Lipinski definition) is 3. The zero-order valence-corrected chi connectivity index (χ0v) is 11.0. The number of aliphatic carboxylic acids is 1. The number of rotatable bonds is 5. The largest absolute Gasteiger partial charge is 0.480 e. The maximum absolute atomic E-state index is 13.2. The summed E-state index contributed by atoms with van der Waals surface area (Å²) in [5.41, 5.74) is -0.229. The van der Waals surface area contributed by atoms with Gasteiger partial charge in [0.25, 0.3) is 5.91 Å². The molecule has 1 aromatic carbocycles. The molecular weight excluding hydrogens is 300 g/mol. The van der Waals surface area contributed by atoms with Crippen molar-refractivity contribution in [3.63, 3.8) is 0 Å². The second-order valence-corrected chi connectivity index (χ2v) is 4.44. The number of hydrogen-bond donors (Lipinski definition) is 3. The molecule has 1 rings (SSSR count). The Morgan fingerprint density at radius 2 is 1.95 bits per heavy atom. The molecule has 0 radical (unpaired) electrons. The number of benzene rings is 1. The highest BCUT2D eigenvalue weighted by Gasteiger charge is 2.22. The normalized spacial score (nSPS) is 12.0. The Bertz CT molecular complexity index is 510. The molecule has 19 heavy (non-hydrogen) atoms. The van der Waals surface area contributed by atoms with Gasteiger partial charge in [0.2, 0.25) is 0 Å². The Hall–Kier alpha value is -1.37. The van der Waals surface area contributed by atoms with Crippen molar-refractivity contribution in [1.29, 1.82) is 0 Å². The minimum absolute atomic E-state index is 0.1000. The van der Waals surface area contributed by atoms with Crippen LogP contribution >= 0.6 is 23.2 Å². The highest BCUT2D eigenvalue weighted by molar-refractivity contribution is 6.36. The van der Waals surface area contributed by atoms with Crippen molar-refractivity contribution in [3.8, 4) is 0 Å². The first-order valence-corrected chi connectivity index (χ1v) is 5.91. The van der Waals surface area contributed by atoms with Gasteiger partial charge in [0.05, 0.1) is 15.6 Å². The van der Waals surface area contributed by atoms with Gasteiger partial charge in [0.15, 0.2) is 0 Å². The molecule has 0 aliphatic rings. The van der Waals surface area contributed by atoms with Crippen LogP contribution in [0.15, 0.2) is 12.1 Å². The SMILES string of the molecule is O=C(NC(CCO)C(=O)O)c1cc(F)c(Cl)cc1Cl. The van der Waals surface area contributed by atoms with Crippen LogP contribution in [0.3, 0.4) is 0 Å². The van der Waals surface area contributed by atoms with E-state index >= 15 is 0 Å². The highest BCUT2D eigenvalue weighted by atomic mass is 35.5. The Morgan fingerprint density at radius 1 is 1.32 bits per heavy atom. The second-order valence-electron chi connectivity index (χ2n) is 3.62. The van der Waals surface area contributed by atoms with Gasteiger partial charge in [-0.1, -0.05) is 23.2 Å². The first-order chi connectivity index (χ1) is 8.86. The quantitative estimate of drug-likeness (QED) is 0.723. The summed E-state index contributed by atoms with van der Waals surface area (Å²) in [4.78, 5) is 22.6. The molecule has 5 nitrogen and oxygen atoms in total. The Morgan fingerprint density at radius 3 is 2.47 bits per heavy atom. The van der Waals surface area contributed by atoms with Crippen LogP contribution in [0.25, 0.3) is 0 Å². The van der Waals surface area contributed by atoms with E-state index in [4.69, 9.17) is 33.4 Å². The molecule has 8 heteroatoms. The fourth-order valence-corrected chi connectivity index (χ4v) is 1.79. The fourth-order valence-electron chi connectivity index (χ4n) is 1.32. The summed E-state index contributed by atoms with van der Waals surface area (Å²) in [6.07, 6.45) is -0.172. The molecule has 0 saturated carbocycles. The zero-order valence-electron chi connectivity index (χ0n) is 9.49. The van der Waals surface area contributed by atoms with Crippen molar-refractivity contribution < 1.29 is 24.2 Å². The van der Waals surface area contributed by atoms with Gasteiger partial charge >= 0.3 is 5.97 Å². The van der Waals surface area contributed by atoms with E-state index in [9.17, 15) is 14.0 Å². The minimum Gasteiger partial charge on any atom is -0.480 e. The molecular formula is C11H10Cl2FNO4. The van der Waals surface area contributed by atoms with Gasteiger partial charge in [-0.05, 0) is 12.1 Å². The van der Waals surface area contributed by atoms with Gasteiger partial charge in [0, 0.05) is 13.0 Å². The fraction of sp³-hybridized carbons (Fsp3) is 0.273. The van der Waals surface area contributed by atoms with Crippen LogP contribution in [0, 0.1) is 5.82 Å². The predicted octanol–water partition coefficient (Wildman–Crippen LogP) is 1.70. The van der Waals surface area contributed by atoms with Crippen LogP contribution in [0.2, 0.25) is 10.0 Å². The lowest BCUT2D eigenvalue weighted by Gasteiger charge is -2.14. The number of amides is 1. The number of aliphatic hydroxyl groups excluding tert-OH is 1. The van der Waals surface area contributed by atoms with E-state index in [1.165, 1.54) is 0 Å². The first-order valence-electron chi connectivity index (χ1n) is 5.16. The summed E-state index contributed by atoms with van der Waals surface area (Å²) in [5.74, 6) is -3.01. The van der Waals surface area contributed by atoms with Gasteiger partial charge in [-0.15, -0.1) is 0 Å². The third-order valence-corrected chi connectivity index (χ3v) is 2.88. The summed E-state index contributed by atoms with van der Waals surface area (Å²) in [7, 11) is 0. The standard InChI is InChI=1S/C11H10Cl2FNO4/c12-6-4-7(13)8(14)3-5(6)10(17)15-9(1-2-16)11(18)19/h3-4,9,16H,1-2H2,(H,15,17)(H,18,19). The summed E-state index contributed by atoms with van der Waals surface area (Å²) >= 11 is 11.2. The van der Waals surface area contributed by atoms with Crippen LogP contribution in [0.1, 0.15) is 16.8 Å². The molecule has 0 heterocycles. The van der Waals surface area contributed by atoms with Gasteiger partial charge in [-0.25, -0.2) is 9.18 Å². The highest BCUT2D eigenvalue weighted by Crippen LogP contribution is 2.24. The number of halogens is 3. The molecule has 1 aromatic rings. The van der Waals surface area contributed by atoms with Crippen LogP contribution in [0.5, 0.6) is 0 Å². The molecule has 1 atom stereocenters. The summed E-state index contributed by atoms with van der Waals surface area (Å²) in [6.45, 7) is -0.417. The molecule has 0 saturated heterocycles. The number of carboxylic acids is 1. The molecule has 104 valence electrons. The summed E-state index contributed by atoms with van der Waals surface area (Å²) in [5, 5.41) is 19.3. The van der Waals surface area contributed by atoms with Crippen molar-refractivity contribution in [2.45, 2.75) is 12.5 Å². The van der Waals surface area contributed by atoms with Gasteiger partial charge in [-0.3, -0.25) is 4.79 Å².